The fourth-order valence-electron chi connectivity index (χ4n) is 2.93. The quantitative estimate of drug-likeness (QED) is 0.743. The number of hydrogen-bond acceptors (Lipinski definition) is 1. The Morgan fingerprint density at radius 3 is 2.81 bits per heavy atom. The van der Waals surface area contributed by atoms with Crippen LogP contribution in [0.25, 0.3) is 0 Å². The number of hydrogen-bond donors (Lipinski definition) is 0. The second kappa shape index (κ2) is 5.64. The molecule has 4 heteroatoms. The summed E-state index contributed by atoms with van der Waals surface area (Å²) in [6.07, 6.45) is 0.950. The zero-order valence-electron chi connectivity index (χ0n) is 11.7. The minimum atomic E-state index is -0.589. The van der Waals surface area contributed by atoms with Gasteiger partial charge in [0.25, 0.3) is 0 Å². The van der Waals surface area contributed by atoms with Crippen LogP contribution in [-0.2, 0) is 6.42 Å². The summed E-state index contributed by atoms with van der Waals surface area (Å²) in [5.74, 6) is -0.927. The van der Waals surface area contributed by atoms with E-state index in [1.807, 2.05) is 18.2 Å². The molecule has 1 nitrogen and oxygen atoms in total. The molecule has 0 saturated heterocycles. The van der Waals surface area contributed by atoms with Crippen LogP contribution in [-0.4, -0.2) is 12.6 Å². The van der Waals surface area contributed by atoms with Crippen molar-refractivity contribution in [1.29, 1.82) is 0 Å². The van der Waals surface area contributed by atoms with Crippen molar-refractivity contribution in [2.45, 2.75) is 24.8 Å². The maximum atomic E-state index is 13.8. The van der Waals surface area contributed by atoms with Crippen LogP contribution in [0.5, 0.6) is 0 Å². The molecule has 2 aromatic rings. The summed E-state index contributed by atoms with van der Waals surface area (Å²) in [6, 6.07) is 11.9. The molecular weight excluding hydrogens is 292 g/mol. The highest BCUT2D eigenvalue weighted by Crippen LogP contribution is 2.35. The van der Waals surface area contributed by atoms with Crippen molar-refractivity contribution >= 4 is 17.3 Å². The zero-order valence-corrected chi connectivity index (χ0v) is 12.4. The van der Waals surface area contributed by atoms with Crippen LogP contribution in [0.1, 0.15) is 23.4 Å². The van der Waals surface area contributed by atoms with E-state index in [1.54, 1.807) is 0 Å². The Morgan fingerprint density at radius 1 is 1.24 bits per heavy atom. The summed E-state index contributed by atoms with van der Waals surface area (Å²) >= 11 is 6.35. The van der Waals surface area contributed by atoms with Gasteiger partial charge in [-0.2, -0.15) is 0 Å². The Balaban J connectivity index is 1.85. The maximum Gasteiger partial charge on any atom is 0.128 e. The molecule has 1 aliphatic rings. The van der Waals surface area contributed by atoms with Crippen molar-refractivity contribution in [3.05, 3.63) is 65.2 Å². The van der Waals surface area contributed by atoms with E-state index in [1.165, 1.54) is 11.6 Å². The van der Waals surface area contributed by atoms with E-state index in [0.717, 1.165) is 24.2 Å². The summed E-state index contributed by atoms with van der Waals surface area (Å²) in [4.78, 5) is 2.16. The monoisotopic (exact) mass is 307 g/mol. The van der Waals surface area contributed by atoms with Crippen LogP contribution in [0, 0.1) is 11.6 Å². The first-order valence-corrected chi connectivity index (χ1v) is 7.43. The van der Waals surface area contributed by atoms with E-state index < -0.39 is 17.0 Å². The topological polar surface area (TPSA) is 3.24 Å². The number of para-hydroxylation sites is 1. The average molecular weight is 308 g/mol. The lowest BCUT2D eigenvalue weighted by Gasteiger charge is -2.27. The van der Waals surface area contributed by atoms with Crippen LogP contribution >= 0.6 is 11.6 Å². The number of alkyl halides is 1. The molecule has 3 rings (SSSR count). The molecule has 0 spiro atoms. The Kier molecular flexibility index (Phi) is 3.85. The van der Waals surface area contributed by atoms with Crippen molar-refractivity contribution in [3.8, 4) is 0 Å². The van der Waals surface area contributed by atoms with E-state index in [0.29, 0.717) is 12.6 Å². The summed E-state index contributed by atoms with van der Waals surface area (Å²) in [5.41, 5.74) is 2.62. The molecular formula is C17H16ClF2N. The fraction of sp³-hybridized carbons (Fsp3) is 0.294. The van der Waals surface area contributed by atoms with Gasteiger partial charge in [-0.05, 0) is 43.2 Å². The van der Waals surface area contributed by atoms with Crippen molar-refractivity contribution < 1.29 is 8.78 Å². The molecule has 0 aliphatic carbocycles. The molecule has 0 aromatic heterocycles. The lowest BCUT2D eigenvalue weighted by molar-refractivity contribution is 0.576. The van der Waals surface area contributed by atoms with Crippen LogP contribution in [0.3, 0.4) is 0 Å². The van der Waals surface area contributed by atoms with E-state index in [4.69, 9.17) is 11.6 Å². The molecule has 0 N–H and O–H groups in total. The molecule has 2 atom stereocenters. The van der Waals surface area contributed by atoms with E-state index in [2.05, 4.69) is 17.9 Å². The number of benzene rings is 2. The second-order valence-electron chi connectivity index (χ2n) is 5.47. The first kappa shape index (κ1) is 14.3. The Bertz CT molecular complexity index is 659. The zero-order chi connectivity index (χ0) is 15.0. The number of rotatable bonds is 3. The van der Waals surface area contributed by atoms with Gasteiger partial charge in [0.2, 0.25) is 0 Å². The van der Waals surface area contributed by atoms with E-state index >= 15 is 0 Å². The average Bonchev–Trinajstić information content (AvgIpc) is 2.78. The molecule has 0 amide bonds. The van der Waals surface area contributed by atoms with Gasteiger partial charge in [0.1, 0.15) is 11.6 Å². The Morgan fingerprint density at radius 2 is 2.00 bits per heavy atom. The number of fused-ring (bicyclic) bond motifs is 1. The highest BCUT2D eigenvalue weighted by atomic mass is 35.5. The Hall–Kier alpha value is -1.61. The van der Waals surface area contributed by atoms with Gasteiger partial charge >= 0.3 is 0 Å². The van der Waals surface area contributed by atoms with Crippen molar-refractivity contribution in [1.82, 2.24) is 0 Å². The number of halogens is 3. The molecule has 0 bridgehead atoms. The van der Waals surface area contributed by atoms with Gasteiger partial charge in [0, 0.05) is 23.8 Å². The standard InChI is InChI=1S/C17H16ClF2N/c1-11-8-12-4-2-3-5-17(12)21(11)10-15(18)14-9-13(19)6-7-16(14)20/h2-7,9,11,15H,8,10H2,1H3. The van der Waals surface area contributed by atoms with Gasteiger partial charge in [-0.15, -0.1) is 11.6 Å². The molecule has 110 valence electrons. The fourth-order valence-corrected chi connectivity index (χ4v) is 3.25. The molecule has 1 aliphatic heterocycles. The highest BCUT2D eigenvalue weighted by molar-refractivity contribution is 6.21. The third-order valence-electron chi connectivity index (χ3n) is 4.00. The lowest BCUT2D eigenvalue weighted by atomic mass is 10.1. The van der Waals surface area contributed by atoms with Crippen LogP contribution < -0.4 is 4.90 Å². The van der Waals surface area contributed by atoms with E-state index in [9.17, 15) is 8.78 Å². The minimum Gasteiger partial charge on any atom is -0.366 e. The molecule has 0 saturated carbocycles. The Labute approximate surface area is 128 Å². The normalized spacial score (nSPS) is 18.7. The van der Waals surface area contributed by atoms with Crippen LogP contribution in [0.4, 0.5) is 14.5 Å². The first-order valence-electron chi connectivity index (χ1n) is 7.00. The largest absolute Gasteiger partial charge is 0.366 e. The van der Waals surface area contributed by atoms with E-state index in [-0.39, 0.29) is 5.56 Å². The van der Waals surface area contributed by atoms with Crippen molar-refractivity contribution in [3.63, 3.8) is 0 Å². The minimum absolute atomic E-state index is 0.216. The SMILES string of the molecule is CC1Cc2ccccc2N1CC(Cl)c1cc(F)ccc1F. The van der Waals surface area contributed by atoms with Crippen LogP contribution in [0.2, 0.25) is 0 Å². The molecule has 0 fully saturated rings. The van der Waals surface area contributed by atoms with Gasteiger partial charge in [-0.25, -0.2) is 8.78 Å². The molecule has 2 unspecified atom stereocenters. The third-order valence-corrected chi connectivity index (χ3v) is 4.37. The maximum absolute atomic E-state index is 13.8. The van der Waals surface area contributed by atoms with Gasteiger partial charge in [-0.1, -0.05) is 18.2 Å². The van der Waals surface area contributed by atoms with Crippen molar-refractivity contribution in [2.24, 2.45) is 0 Å². The molecule has 0 radical (unpaired) electrons. The van der Waals surface area contributed by atoms with Gasteiger partial charge in [-0.3, -0.25) is 0 Å². The lowest BCUT2D eigenvalue weighted by Crippen LogP contribution is -2.32. The predicted octanol–water partition coefficient (Wildman–Crippen LogP) is 4.70. The molecule has 21 heavy (non-hydrogen) atoms. The van der Waals surface area contributed by atoms with Gasteiger partial charge in [0.05, 0.1) is 5.38 Å². The van der Waals surface area contributed by atoms with Crippen LogP contribution in [0.15, 0.2) is 42.5 Å². The summed E-state index contributed by atoms with van der Waals surface area (Å²) in [6.45, 7) is 2.58. The summed E-state index contributed by atoms with van der Waals surface area (Å²) in [5, 5.41) is -0.589. The van der Waals surface area contributed by atoms with Crippen molar-refractivity contribution in [2.75, 3.05) is 11.4 Å². The molecule has 1 heterocycles. The number of anilines is 1. The predicted molar refractivity (Wildman–Crippen MR) is 81.9 cm³/mol. The summed E-state index contributed by atoms with van der Waals surface area (Å²) < 4.78 is 27.1. The third kappa shape index (κ3) is 2.75. The summed E-state index contributed by atoms with van der Waals surface area (Å²) in [7, 11) is 0. The second-order valence-corrected chi connectivity index (χ2v) is 5.99. The highest BCUT2D eigenvalue weighted by Gasteiger charge is 2.28. The molecule has 2 aromatic carbocycles. The number of nitrogens with zero attached hydrogens (tertiary/aromatic N) is 1. The van der Waals surface area contributed by atoms with Gasteiger partial charge < -0.3 is 4.90 Å². The van der Waals surface area contributed by atoms with Gasteiger partial charge in [0.15, 0.2) is 0 Å². The smallest absolute Gasteiger partial charge is 0.128 e. The first-order chi connectivity index (χ1) is 10.1.